The zero-order valence-corrected chi connectivity index (χ0v) is 16.7. The molecular weight excluding hydrogens is 404 g/mol. The Kier molecular flexibility index (Phi) is 6.61. The van der Waals surface area contributed by atoms with Gasteiger partial charge in [0.25, 0.3) is 5.91 Å². The van der Waals surface area contributed by atoms with Crippen molar-refractivity contribution in [3.63, 3.8) is 0 Å². The second kappa shape index (κ2) is 9.34. The molecule has 3 N–H and O–H groups in total. The van der Waals surface area contributed by atoms with Crippen LogP contribution in [0.25, 0.3) is 0 Å². The maximum absolute atomic E-state index is 12.6. The van der Waals surface area contributed by atoms with Gasteiger partial charge < -0.3 is 10.4 Å². The van der Waals surface area contributed by atoms with E-state index in [9.17, 15) is 23.1 Å². The van der Waals surface area contributed by atoms with E-state index in [-0.39, 0.29) is 17.2 Å². The number of benzene rings is 3. The zero-order chi connectivity index (χ0) is 21.6. The van der Waals surface area contributed by atoms with Crippen molar-refractivity contribution in [1.29, 1.82) is 0 Å². The summed E-state index contributed by atoms with van der Waals surface area (Å²) in [7, 11) is -4.07. The van der Waals surface area contributed by atoms with Gasteiger partial charge in [0.15, 0.2) is 0 Å². The molecule has 0 spiro atoms. The van der Waals surface area contributed by atoms with Crippen molar-refractivity contribution in [3.05, 3.63) is 96.1 Å². The van der Waals surface area contributed by atoms with Gasteiger partial charge in [0.1, 0.15) is 6.04 Å². The van der Waals surface area contributed by atoms with Crippen LogP contribution in [-0.4, -0.2) is 31.4 Å². The van der Waals surface area contributed by atoms with E-state index in [4.69, 9.17) is 0 Å². The second-order valence-corrected chi connectivity index (χ2v) is 8.26. The number of sulfonamides is 1. The van der Waals surface area contributed by atoms with Crippen LogP contribution in [0.5, 0.6) is 0 Å². The number of carbonyl (C=O) groups is 2. The van der Waals surface area contributed by atoms with Gasteiger partial charge in [-0.15, -0.1) is 0 Å². The molecule has 3 aromatic carbocycles. The fourth-order valence-electron chi connectivity index (χ4n) is 2.79. The number of amides is 1. The Morgan fingerprint density at radius 1 is 0.833 bits per heavy atom. The highest BCUT2D eigenvalue weighted by Crippen LogP contribution is 2.16. The summed E-state index contributed by atoms with van der Waals surface area (Å²) in [6, 6.07) is 21.6. The Labute approximate surface area is 174 Å². The maximum Gasteiger partial charge on any atom is 0.322 e. The summed E-state index contributed by atoms with van der Waals surface area (Å²) in [4.78, 5) is 23.6. The Bertz CT molecular complexity index is 1120. The van der Waals surface area contributed by atoms with Crippen LogP contribution in [0.15, 0.2) is 89.8 Å². The molecule has 1 amide bonds. The van der Waals surface area contributed by atoms with Gasteiger partial charge in [-0.05, 0) is 48.4 Å². The van der Waals surface area contributed by atoms with Crippen molar-refractivity contribution >= 4 is 27.6 Å². The second-order valence-electron chi connectivity index (χ2n) is 6.55. The topological polar surface area (TPSA) is 113 Å². The molecule has 0 radical (unpaired) electrons. The minimum absolute atomic E-state index is 0.0145. The quantitative estimate of drug-likeness (QED) is 0.515. The Morgan fingerprint density at radius 3 is 1.97 bits per heavy atom. The number of aliphatic carboxylic acids is 1. The Balaban J connectivity index is 1.70. The normalized spacial score (nSPS) is 12.1. The molecule has 0 fully saturated rings. The summed E-state index contributed by atoms with van der Waals surface area (Å²) < 4.78 is 27.5. The van der Waals surface area contributed by atoms with Gasteiger partial charge in [0.05, 0.1) is 4.90 Å². The number of carboxylic acids is 1. The molecule has 1 atom stereocenters. The van der Waals surface area contributed by atoms with Crippen LogP contribution in [0.3, 0.4) is 0 Å². The first-order valence-corrected chi connectivity index (χ1v) is 10.6. The predicted molar refractivity (Wildman–Crippen MR) is 113 cm³/mol. The summed E-state index contributed by atoms with van der Waals surface area (Å²) >= 11 is 0. The molecule has 154 valence electrons. The highest BCUT2D eigenvalue weighted by molar-refractivity contribution is 7.89. The van der Waals surface area contributed by atoms with Crippen molar-refractivity contribution in [2.75, 3.05) is 5.32 Å². The predicted octanol–water partition coefficient (Wildman–Crippen LogP) is 2.91. The summed E-state index contributed by atoms with van der Waals surface area (Å²) in [6.45, 7) is 0. The molecule has 0 saturated carbocycles. The van der Waals surface area contributed by atoms with Crippen LogP contribution in [0, 0.1) is 0 Å². The molecule has 8 heteroatoms. The van der Waals surface area contributed by atoms with E-state index >= 15 is 0 Å². The van der Waals surface area contributed by atoms with Crippen molar-refractivity contribution in [2.45, 2.75) is 17.4 Å². The Morgan fingerprint density at radius 2 is 1.40 bits per heavy atom. The third-order valence-electron chi connectivity index (χ3n) is 4.34. The van der Waals surface area contributed by atoms with E-state index in [2.05, 4.69) is 10.0 Å². The number of carbonyl (C=O) groups excluding carboxylic acids is 1. The monoisotopic (exact) mass is 424 g/mol. The molecule has 3 rings (SSSR count). The third-order valence-corrected chi connectivity index (χ3v) is 5.82. The van der Waals surface area contributed by atoms with E-state index in [0.717, 1.165) is 0 Å². The third kappa shape index (κ3) is 5.53. The lowest BCUT2D eigenvalue weighted by atomic mass is 10.1. The van der Waals surface area contributed by atoms with Crippen LogP contribution in [-0.2, 0) is 21.2 Å². The largest absolute Gasteiger partial charge is 0.480 e. The van der Waals surface area contributed by atoms with Crippen LogP contribution >= 0.6 is 0 Å². The first kappa shape index (κ1) is 21.2. The maximum atomic E-state index is 12.6. The smallest absolute Gasteiger partial charge is 0.322 e. The molecule has 0 saturated heterocycles. The average molecular weight is 424 g/mol. The van der Waals surface area contributed by atoms with E-state index in [1.54, 1.807) is 60.7 Å². The van der Waals surface area contributed by atoms with E-state index in [1.807, 2.05) is 0 Å². The summed E-state index contributed by atoms with van der Waals surface area (Å²) in [6.07, 6.45) is 0.0145. The molecule has 7 nitrogen and oxygen atoms in total. The van der Waals surface area contributed by atoms with Gasteiger partial charge in [-0.2, -0.15) is 4.72 Å². The lowest BCUT2D eigenvalue weighted by Crippen LogP contribution is -2.42. The number of anilines is 1. The van der Waals surface area contributed by atoms with E-state index in [0.29, 0.717) is 16.8 Å². The first-order chi connectivity index (χ1) is 14.3. The van der Waals surface area contributed by atoms with Crippen molar-refractivity contribution in [3.8, 4) is 0 Å². The molecule has 0 unspecified atom stereocenters. The molecule has 30 heavy (non-hydrogen) atoms. The fourth-order valence-corrected chi connectivity index (χ4v) is 3.98. The standard InChI is InChI=1S/C22H20N2O5S/c25-21(17-9-5-2-6-10-17)23-18-11-13-19(14-12-18)30(28,29)24-20(22(26)27)15-16-7-3-1-4-8-16/h1-14,20,24H,15H2,(H,23,25)(H,26,27)/t20-/m0/s1. The molecule has 0 heterocycles. The lowest BCUT2D eigenvalue weighted by Gasteiger charge is -2.15. The van der Waals surface area contributed by atoms with Crippen LogP contribution in [0.1, 0.15) is 15.9 Å². The lowest BCUT2D eigenvalue weighted by molar-refractivity contribution is -0.138. The van der Waals surface area contributed by atoms with Gasteiger partial charge in [0, 0.05) is 11.3 Å². The van der Waals surface area contributed by atoms with E-state index in [1.165, 1.54) is 24.3 Å². The molecule has 0 aliphatic carbocycles. The number of hydrogen-bond acceptors (Lipinski definition) is 4. The molecular formula is C22H20N2O5S. The number of nitrogens with one attached hydrogen (secondary N) is 2. The molecule has 0 aliphatic rings. The summed E-state index contributed by atoms with van der Waals surface area (Å²) in [5.74, 6) is -1.59. The fraction of sp³-hybridized carbons (Fsp3) is 0.0909. The average Bonchev–Trinajstić information content (AvgIpc) is 2.75. The summed E-state index contributed by atoms with van der Waals surface area (Å²) in [5, 5.41) is 12.1. The first-order valence-electron chi connectivity index (χ1n) is 9.11. The van der Waals surface area contributed by atoms with Crippen molar-refractivity contribution in [1.82, 2.24) is 4.72 Å². The Hall–Kier alpha value is -3.49. The van der Waals surface area contributed by atoms with Gasteiger partial charge in [0.2, 0.25) is 10.0 Å². The van der Waals surface area contributed by atoms with Gasteiger partial charge >= 0.3 is 5.97 Å². The van der Waals surface area contributed by atoms with E-state index < -0.39 is 22.0 Å². The minimum atomic E-state index is -4.07. The SMILES string of the molecule is O=C(Nc1ccc(S(=O)(=O)N[C@@H](Cc2ccccc2)C(=O)O)cc1)c1ccccc1. The van der Waals surface area contributed by atoms with Crippen molar-refractivity contribution < 1.29 is 23.1 Å². The molecule has 0 aliphatic heterocycles. The number of carboxylic acid groups (broad SMARTS) is 1. The van der Waals surface area contributed by atoms with Gasteiger partial charge in [-0.3, -0.25) is 9.59 Å². The highest BCUT2D eigenvalue weighted by Gasteiger charge is 2.25. The molecule has 0 aromatic heterocycles. The highest BCUT2D eigenvalue weighted by atomic mass is 32.2. The number of rotatable bonds is 8. The zero-order valence-electron chi connectivity index (χ0n) is 15.9. The minimum Gasteiger partial charge on any atom is -0.480 e. The van der Waals surface area contributed by atoms with Gasteiger partial charge in [-0.25, -0.2) is 8.42 Å². The molecule has 0 bridgehead atoms. The van der Waals surface area contributed by atoms with Crippen LogP contribution in [0.2, 0.25) is 0 Å². The summed E-state index contributed by atoms with van der Waals surface area (Å²) in [5.41, 5.74) is 1.59. The molecule has 3 aromatic rings. The van der Waals surface area contributed by atoms with Crippen molar-refractivity contribution in [2.24, 2.45) is 0 Å². The van der Waals surface area contributed by atoms with Crippen LogP contribution in [0.4, 0.5) is 5.69 Å². The van der Waals surface area contributed by atoms with Gasteiger partial charge in [-0.1, -0.05) is 48.5 Å². The van der Waals surface area contributed by atoms with Crippen LogP contribution < -0.4 is 10.0 Å². The number of hydrogen-bond donors (Lipinski definition) is 3.